The first kappa shape index (κ1) is 21.4. The highest BCUT2D eigenvalue weighted by Gasteiger charge is 2.32. The second kappa shape index (κ2) is 9.54. The van der Waals surface area contributed by atoms with Crippen LogP contribution in [-0.4, -0.2) is 25.3 Å². The van der Waals surface area contributed by atoms with Crippen molar-refractivity contribution in [1.29, 1.82) is 0 Å². The first-order chi connectivity index (χ1) is 15.6. The van der Waals surface area contributed by atoms with E-state index in [4.69, 9.17) is 21.1 Å². The molecule has 0 fully saturated rings. The quantitative estimate of drug-likeness (QED) is 0.344. The molecule has 5 nitrogen and oxygen atoms in total. The van der Waals surface area contributed by atoms with Crippen LogP contribution in [0.2, 0.25) is 5.02 Å². The van der Waals surface area contributed by atoms with Crippen LogP contribution in [-0.2, 0) is 4.79 Å². The van der Waals surface area contributed by atoms with E-state index in [-0.39, 0.29) is 5.91 Å². The Labute approximate surface area is 191 Å². The molecule has 0 aromatic heterocycles. The molecule has 1 amide bonds. The molecule has 32 heavy (non-hydrogen) atoms. The van der Waals surface area contributed by atoms with E-state index in [1.54, 1.807) is 24.3 Å². The fourth-order valence-corrected chi connectivity index (χ4v) is 3.64. The molecule has 0 aliphatic carbocycles. The topological polar surface area (TPSA) is 51.1 Å². The third-order valence-corrected chi connectivity index (χ3v) is 5.11. The van der Waals surface area contributed by atoms with Gasteiger partial charge in [-0.15, -0.1) is 0 Å². The normalized spacial score (nSPS) is 14.4. The summed E-state index contributed by atoms with van der Waals surface area (Å²) < 4.78 is 11.1. The minimum atomic E-state index is -0.225. The molecule has 1 heterocycles. The summed E-state index contributed by atoms with van der Waals surface area (Å²) in [5.41, 5.74) is 3.27. The van der Waals surface area contributed by atoms with Gasteiger partial charge in [0, 0.05) is 5.56 Å². The molecule has 4 rings (SSSR count). The highest BCUT2D eigenvalue weighted by Crippen LogP contribution is 2.38. The Kier molecular flexibility index (Phi) is 6.38. The maximum Gasteiger partial charge on any atom is 0.281 e. The summed E-state index contributed by atoms with van der Waals surface area (Å²) in [6.07, 6.45) is 3.40. The van der Waals surface area contributed by atoms with E-state index in [1.807, 2.05) is 60.7 Å². The molecule has 0 radical (unpaired) electrons. The lowest BCUT2D eigenvalue weighted by atomic mass is 10.00. The molecule has 0 unspecified atom stereocenters. The van der Waals surface area contributed by atoms with Gasteiger partial charge in [0.25, 0.3) is 5.91 Å². The van der Waals surface area contributed by atoms with Crippen LogP contribution >= 0.6 is 11.6 Å². The summed E-state index contributed by atoms with van der Waals surface area (Å²) >= 11 is 6.45. The number of rotatable bonds is 7. The minimum Gasteiger partial charge on any atom is -0.493 e. The minimum absolute atomic E-state index is 0.225. The molecule has 1 aliphatic heterocycles. The Bertz CT molecular complexity index is 1200. The zero-order chi connectivity index (χ0) is 22.5. The summed E-state index contributed by atoms with van der Waals surface area (Å²) in [6, 6.07) is 22.4. The van der Waals surface area contributed by atoms with Crippen LogP contribution in [0.25, 0.3) is 6.08 Å². The van der Waals surface area contributed by atoms with Crippen LogP contribution in [0.5, 0.6) is 11.5 Å². The number of hydrogen-bond acceptors (Lipinski definition) is 4. The Morgan fingerprint density at radius 2 is 1.75 bits per heavy atom. The molecule has 3 aromatic rings. The summed E-state index contributed by atoms with van der Waals surface area (Å²) in [4.78, 5) is 13.4. The van der Waals surface area contributed by atoms with Gasteiger partial charge in [0.1, 0.15) is 12.3 Å². The van der Waals surface area contributed by atoms with Crippen LogP contribution in [0.3, 0.4) is 0 Å². The van der Waals surface area contributed by atoms with Crippen molar-refractivity contribution in [3.05, 3.63) is 107 Å². The van der Waals surface area contributed by atoms with E-state index in [0.29, 0.717) is 45.7 Å². The Hall–Kier alpha value is -3.83. The van der Waals surface area contributed by atoms with Crippen molar-refractivity contribution in [1.82, 2.24) is 0 Å². The number of anilines is 1. The van der Waals surface area contributed by atoms with Crippen LogP contribution < -0.4 is 14.5 Å². The van der Waals surface area contributed by atoms with Crippen LogP contribution in [0, 0.1) is 0 Å². The number of carbonyl (C=O) groups is 1. The summed E-state index contributed by atoms with van der Waals surface area (Å²) in [6.45, 7) is 3.95. The summed E-state index contributed by atoms with van der Waals surface area (Å²) in [5.74, 6) is 0.670. The zero-order valence-electron chi connectivity index (χ0n) is 17.5. The zero-order valence-corrected chi connectivity index (χ0v) is 18.3. The average molecular weight is 445 g/mol. The monoisotopic (exact) mass is 444 g/mol. The van der Waals surface area contributed by atoms with Gasteiger partial charge >= 0.3 is 0 Å². The number of benzene rings is 3. The molecule has 0 saturated carbocycles. The fourth-order valence-electron chi connectivity index (χ4n) is 3.37. The van der Waals surface area contributed by atoms with Crippen molar-refractivity contribution in [2.75, 3.05) is 18.7 Å². The number of hydrazone groups is 1. The molecule has 6 heteroatoms. The first-order valence-corrected chi connectivity index (χ1v) is 10.4. The lowest BCUT2D eigenvalue weighted by molar-refractivity contribution is -0.114. The van der Waals surface area contributed by atoms with Crippen LogP contribution in [0.4, 0.5) is 5.69 Å². The second-order valence-electron chi connectivity index (χ2n) is 6.96. The van der Waals surface area contributed by atoms with E-state index >= 15 is 0 Å². The number of halogens is 1. The average Bonchev–Trinajstić information content (AvgIpc) is 3.15. The van der Waals surface area contributed by atoms with Gasteiger partial charge in [-0.2, -0.15) is 10.1 Å². The van der Waals surface area contributed by atoms with Gasteiger partial charge in [-0.3, -0.25) is 4.79 Å². The highest BCUT2D eigenvalue weighted by atomic mass is 35.5. The van der Waals surface area contributed by atoms with Gasteiger partial charge in [0.2, 0.25) is 0 Å². The number of para-hydroxylation sites is 1. The molecule has 0 spiro atoms. The maximum absolute atomic E-state index is 13.4. The SMILES string of the molecule is C=CCOc1c(Cl)cc(/C=C2\C(=O)N(c3ccccc3)N=C2c2ccccc2)cc1OC. The van der Waals surface area contributed by atoms with Crippen molar-refractivity contribution in [3.8, 4) is 11.5 Å². The van der Waals surface area contributed by atoms with Crippen LogP contribution in [0.1, 0.15) is 11.1 Å². The lowest BCUT2D eigenvalue weighted by Crippen LogP contribution is -2.21. The van der Waals surface area contributed by atoms with Crippen molar-refractivity contribution in [2.45, 2.75) is 0 Å². The Balaban J connectivity index is 1.80. The molecule has 0 saturated heterocycles. The summed E-state index contributed by atoms with van der Waals surface area (Å²) in [5, 5.41) is 6.43. The Morgan fingerprint density at radius 3 is 2.41 bits per heavy atom. The summed E-state index contributed by atoms with van der Waals surface area (Å²) in [7, 11) is 1.54. The standard InChI is InChI=1S/C26H21ClN2O3/c1-3-14-32-25-22(27)16-18(17-23(25)31-2)15-21-24(19-10-6-4-7-11-19)28-29(26(21)30)20-12-8-5-9-13-20/h3-13,15-17H,1,14H2,2H3/b21-15-. The van der Waals surface area contributed by atoms with Gasteiger partial charge < -0.3 is 9.47 Å². The van der Waals surface area contributed by atoms with Gasteiger partial charge in [-0.05, 0) is 35.9 Å². The van der Waals surface area contributed by atoms with E-state index in [9.17, 15) is 4.79 Å². The number of carbonyl (C=O) groups excluding carboxylic acids is 1. The molecule has 1 aliphatic rings. The number of hydrogen-bond donors (Lipinski definition) is 0. The Morgan fingerprint density at radius 1 is 1.06 bits per heavy atom. The van der Waals surface area contributed by atoms with E-state index in [1.165, 1.54) is 12.1 Å². The number of amides is 1. The predicted octanol–water partition coefficient (Wildman–Crippen LogP) is 5.75. The van der Waals surface area contributed by atoms with E-state index in [2.05, 4.69) is 11.7 Å². The van der Waals surface area contributed by atoms with Crippen molar-refractivity contribution < 1.29 is 14.3 Å². The second-order valence-corrected chi connectivity index (χ2v) is 7.37. The van der Waals surface area contributed by atoms with E-state index in [0.717, 1.165) is 5.56 Å². The fraction of sp³-hybridized carbons (Fsp3) is 0.0769. The van der Waals surface area contributed by atoms with Crippen molar-refractivity contribution in [3.63, 3.8) is 0 Å². The maximum atomic E-state index is 13.4. The molecule has 0 atom stereocenters. The number of methoxy groups -OCH3 is 1. The number of nitrogens with zero attached hydrogens (tertiary/aromatic N) is 2. The van der Waals surface area contributed by atoms with Gasteiger partial charge in [0.05, 0.1) is 23.4 Å². The predicted molar refractivity (Wildman–Crippen MR) is 129 cm³/mol. The molecule has 0 bridgehead atoms. The van der Waals surface area contributed by atoms with Gasteiger partial charge in [0.15, 0.2) is 11.5 Å². The molecule has 0 N–H and O–H groups in total. The molecule has 160 valence electrons. The molecular formula is C26H21ClN2O3. The largest absolute Gasteiger partial charge is 0.493 e. The molecule has 3 aromatic carbocycles. The first-order valence-electron chi connectivity index (χ1n) is 9.99. The smallest absolute Gasteiger partial charge is 0.281 e. The van der Waals surface area contributed by atoms with Crippen molar-refractivity contribution in [2.24, 2.45) is 5.10 Å². The highest BCUT2D eigenvalue weighted by molar-refractivity contribution is 6.37. The lowest BCUT2D eigenvalue weighted by Gasteiger charge is -2.13. The third-order valence-electron chi connectivity index (χ3n) is 4.83. The van der Waals surface area contributed by atoms with Crippen molar-refractivity contribution >= 4 is 35.0 Å². The van der Waals surface area contributed by atoms with Crippen LogP contribution in [0.15, 0.2) is 96.1 Å². The number of ether oxygens (including phenoxy) is 2. The molecular weight excluding hydrogens is 424 g/mol. The van der Waals surface area contributed by atoms with Gasteiger partial charge in [-0.1, -0.05) is 72.8 Å². The third kappa shape index (κ3) is 4.29. The van der Waals surface area contributed by atoms with Gasteiger partial charge in [-0.25, -0.2) is 0 Å². The van der Waals surface area contributed by atoms with E-state index < -0.39 is 0 Å².